The summed E-state index contributed by atoms with van der Waals surface area (Å²) in [6, 6.07) is 0. The molecule has 1 rings (SSSR count). The summed E-state index contributed by atoms with van der Waals surface area (Å²) in [5, 5.41) is 0.153. The predicted molar refractivity (Wildman–Crippen MR) is 54.0 cm³/mol. The lowest BCUT2D eigenvalue weighted by molar-refractivity contribution is 0.593. The van der Waals surface area contributed by atoms with Crippen molar-refractivity contribution in [1.29, 1.82) is 0 Å². The maximum atomic E-state index is 11.4. The van der Waals surface area contributed by atoms with E-state index in [1.54, 1.807) is 6.92 Å². The Morgan fingerprint density at radius 2 is 1.86 bits per heavy atom. The monoisotopic (exact) mass is 214 g/mol. The van der Waals surface area contributed by atoms with E-state index in [1.807, 2.05) is 13.8 Å². The Hall–Kier alpha value is -0.970. The van der Waals surface area contributed by atoms with Crippen LogP contribution in [0, 0.1) is 6.92 Å². The minimum absolute atomic E-state index is 0.112. The molecule has 0 saturated heterocycles. The number of aromatic nitrogens is 2. The van der Waals surface area contributed by atoms with Gasteiger partial charge in [-0.05, 0) is 12.8 Å². The fourth-order valence-corrected chi connectivity index (χ4v) is 2.44. The molecule has 0 aliphatic rings. The van der Waals surface area contributed by atoms with E-state index in [0.29, 0.717) is 0 Å². The van der Waals surface area contributed by atoms with Crippen molar-refractivity contribution < 1.29 is 8.42 Å². The predicted octanol–water partition coefficient (Wildman–Crippen LogP) is 1.31. The third-order valence-electron chi connectivity index (χ3n) is 1.98. The van der Waals surface area contributed by atoms with Gasteiger partial charge in [0.15, 0.2) is 14.9 Å². The first-order valence-corrected chi connectivity index (χ1v) is 6.24. The normalized spacial score (nSPS) is 12.1. The van der Waals surface area contributed by atoms with Crippen molar-refractivity contribution in [3.63, 3.8) is 0 Å². The maximum absolute atomic E-state index is 11.4. The third kappa shape index (κ3) is 2.09. The van der Waals surface area contributed by atoms with Crippen molar-refractivity contribution in [2.24, 2.45) is 0 Å². The van der Waals surface area contributed by atoms with Gasteiger partial charge in [0.05, 0.1) is 0 Å². The van der Waals surface area contributed by atoms with E-state index >= 15 is 0 Å². The maximum Gasteiger partial charge on any atom is 0.193 e. The van der Waals surface area contributed by atoms with Crippen molar-refractivity contribution in [2.45, 2.75) is 31.7 Å². The van der Waals surface area contributed by atoms with Gasteiger partial charge in [0.2, 0.25) is 0 Å². The zero-order valence-electron chi connectivity index (χ0n) is 8.77. The number of hydrogen-bond acceptors (Lipinski definition) is 4. The Bertz CT molecular complexity index is 438. The Morgan fingerprint density at radius 3 is 2.21 bits per heavy atom. The summed E-state index contributed by atoms with van der Waals surface area (Å²) in [5.41, 5.74) is 1.45. The molecule has 5 heteroatoms. The second-order valence-electron chi connectivity index (χ2n) is 3.60. The van der Waals surface area contributed by atoms with Crippen molar-refractivity contribution in [3.8, 4) is 0 Å². The summed E-state index contributed by atoms with van der Waals surface area (Å²) in [6.07, 6.45) is 2.46. The first-order valence-electron chi connectivity index (χ1n) is 4.35. The molecule has 0 aliphatic carbocycles. The Morgan fingerprint density at radius 1 is 1.29 bits per heavy atom. The topological polar surface area (TPSA) is 59.9 Å². The summed E-state index contributed by atoms with van der Waals surface area (Å²) in [6.45, 7) is 5.66. The van der Waals surface area contributed by atoms with Crippen LogP contribution in [0.2, 0.25) is 0 Å². The quantitative estimate of drug-likeness (QED) is 0.696. The molecule has 0 amide bonds. The summed E-state index contributed by atoms with van der Waals surface area (Å²) < 4.78 is 22.8. The van der Waals surface area contributed by atoms with Crippen molar-refractivity contribution in [1.82, 2.24) is 9.97 Å². The van der Waals surface area contributed by atoms with Gasteiger partial charge in [0.1, 0.15) is 6.33 Å². The highest BCUT2D eigenvalue weighted by molar-refractivity contribution is 7.90. The molecule has 0 unspecified atom stereocenters. The van der Waals surface area contributed by atoms with E-state index in [0.717, 1.165) is 11.3 Å². The molecule has 0 spiro atoms. The molecule has 0 bridgehead atoms. The lowest BCUT2D eigenvalue weighted by atomic mass is 10.0. The van der Waals surface area contributed by atoms with E-state index in [9.17, 15) is 8.42 Å². The molecule has 0 atom stereocenters. The largest absolute Gasteiger partial charge is 0.241 e. The lowest BCUT2D eigenvalue weighted by Gasteiger charge is -2.11. The molecule has 0 aliphatic heterocycles. The molecule has 4 nitrogen and oxygen atoms in total. The number of sulfone groups is 1. The Labute approximate surface area is 84.3 Å². The average molecular weight is 214 g/mol. The minimum atomic E-state index is -3.25. The van der Waals surface area contributed by atoms with Crippen molar-refractivity contribution in [2.75, 3.05) is 6.26 Å². The highest BCUT2D eigenvalue weighted by Gasteiger charge is 2.19. The highest BCUT2D eigenvalue weighted by atomic mass is 32.2. The van der Waals surface area contributed by atoms with Gasteiger partial charge in [0, 0.05) is 17.5 Å². The fraction of sp³-hybridized carbons (Fsp3) is 0.556. The summed E-state index contributed by atoms with van der Waals surface area (Å²) >= 11 is 0. The first-order chi connectivity index (χ1) is 6.34. The van der Waals surface area contributed by atoms with Crippen LogP contribution in [-0.2, 0) is 9.84 Å². The molecule has 1 aromatic heterocycles. The summed E-state index contributed by atoms with van der Waals surface area (Å²) in [4.78, 5) is 7.83. The molecule has 78 valence electrons. The zero-order chi connectivity index (χ0) is 10.9. The molecule has 0 N–H and O–H groups in total. The van der Waals surface area contributed by atoms with Crippen LogP contribution in [0.4, 0.5) is 0 Å². The molecule has 0 saturated carbocycles. The number of nitrogens with zero attached hydrogens (tertiary/aromatic N) is 2. The molecule has 0 radical (unpaired) electrons. The molecule has 0 fully saturated rings. The van der Waals surface area contributed by atoms with Crippen molar-refractivity contribution >= 4 is 9.84 Å². The molecule has 0 aromatic carbocycles. The van der Waals surface area contributed by atoms with Crippen LogP contribution in [0.25, 0.3) is 0 Å². The van der Waals surface area contributed by atoms with Crippen LogP contribution in [0.1, 0.15) is 31.0 Å². The molecule has 1 heterocycles. The van der Waals surface area contributed by atoms with Crippen LogP contribution in [0.3, 0.4) is 0 Å². The molecular weight excluding hydrogens is 200 g/mol. The summed E-state index contributed by atoms with van der Waals surface area (Å²) in [7, 11) is -3.25. The highest BCUT2D eigenvalue weighted by Crippen LogP contribution is 2.23. The van der Waals surface area contributed by atoms with E-state index in [4.69, 9.17) is 0 Å². The van der Waals surface area contributed by atoms with E-state index in [1.165, 1.54) is 12.6 Å². The molecular formula is C9H14N2O2S. The minimum Gasteiger partial charge on any atom is -0.241 e. The van der Waals surface area contributed by atoms with Crippen LogP contribution < -0.4 is 0 Å². The second-order valence-corrected chi connectivity index (χ2v) is 5.54. The average Bonchev–Trinajstić information content (AvgIpc) is 2.01. The van der Waals surface area contributed by atoms with Gasteiger partial charge in [-0.1, -0.05) is 13.8 Å². The Balaban J connectivity index is 3.52. The van der Waals surface area contributed by atoms with Gasteiger partial charge in [-0.3, -0.25) is 0 Å². The van der Waals surface area contributed by atoms with Gasteiger partial charge in [-0.2, -0.15) is 0 Å². The number of aryl methyl sites for hydroxylation is 1. The zero-order valence-corrected chi connectivity index (χ0v) is 9.59. The van der Waals surface area contributed by atoms with E-state index < -0.39 is 9.84 Å². The number of hydrogen-bond donors (Lipinski definition) is 0. The Kier molecular flexibility index (Phi) is 2.89. The summed E-state index contributed by atoms with van der Waals surface area (Å²) in [5.74, 6) is 0.112. The van der Waals surface area contributed by atoms with Gasteiger partial charge in [-0.15, -0.1) is 0 Å². The van der Waals surface area contributed by atoms with Crippen LogP contribution in [0.5, 0.6) is 0 Å². The SMILES string of the molecule is Cc1ncnc(S(C)(=O)=O)c1C(C)C. The fourth-order valence-electron chi connectivity index (χ4n) is 1.42. The van der Waals surface area contributed by atoms with Gasteiger partial charge < -0.3 is 0 Å². The van der Waals surface area contributed by atoms with Crippen LogP contribution >= 0.6 is 0 Å². The van der Waals surface area contributed by atoms with E-state index in [2.05, 4.69) is 9.97 Å². The van der Waals surface area contributed by atoms with Crippen LogP contribution in [0.15, 0.2) is 11.4 Å². The molecule has 14 heavy (non-hydrogen) atoms. The smallest absolute Gasteiger partial charge is 0.193 e. The van der Waals surface area contributed by atoms with E-state index in [-0.39, 0.29) is 10.9 Å². The number of rotatable bonds is 2. The van der Waals surface area contributed by atoms with Crippen LogP contribution in [-0.4, -0.2) is 24.6 Å². The lowest BCUT2D eigenvalue weighted by Crippen LogP contribution is -2.09. The third-order valence-corrected chi connectivity index (χ3v) is 3.00. The van der Waals surface area contributed by atoms with Gasteiger partial charge in [0.25, 0.3) is 0 Å². The molecule has 1 aromatic rings. The second kappa shape index (κ2) is 3.65. The van der Waals surface area contributed by atoms with Gasteiger partial charge in [-0.25, -0.2) is 18.4 Å². The van der Waals surface area contributed by atoms with Gasteiger partial charge >= 0.3 is 0 Å². The van der Waals surface area contributed by atoms with Crippen molar-refractivity contribution in [3.05, 3.63) is 17.6 Å². The first kappa shape index (κ1) is 11.1. The standard InChI is InChI=1S/C9H14N2O2S/c1-6(2)8-7(3)10-5-11-9(8)14(4,12)13/h5-6H,1-4H3.